The summed E-state index contributed by atoms with van der Waals surface area (Å²) in [6.07, 6.45) is 1.74. The summed E-state index contributed by atoms with van der Waals surface area (Å²) in [6.45, 7) is 1.61. The van der Waals surface area contributed by atoms with E-state index >= 15 is 0 Å². The predicted octanol–water partition coefficient (Wildman–Crippen LogP) is 1.76. The van der Waals surface area contributed by atoms with E-state index < -0.39 is 0 Å². The lowest BCUT2D eigenvalue weighted by atomic mass is 10.2. The van der Waals surface area contributed by atoms with Crippen molar-refractivity contribution in [3.8, 4) is 0 Å². The average Bonchev–Trinajstić information content (AvgIpc) is 3.06. The first-order valence-electron chi connectivity index (χ1n) is 8.76. The Kier molecular flexibility index (Phi) is 4.33. The molecule has 1 amide bonds. The molecule has 0 unspecified atom stereocenters. The summed E-state index contributed by atoms with van der Waals surface area (Å²) in [4.78, 5) is 28.2. The maximum Gasteiger partial charge on any atom is 0.254 e. The molecule has 138 valence electrons. The normalized spacial score (nSPS) is 11.6. The summed E-state index contributed by atoms with van der Waals surface area (Å²) in [7, 11) is 5.65. The van der Waals surface area contributed by atoms with Gasteiger partial charge in [0.25, 0.3) is 5.91 Å². The number of imidazole rings is 1. The highest BCUT2D eigenvalue weighted by Crippen LogP contribution is 2.25. The molecular formula is C19H21N7O. The molecule has 0 saturated heterocycles. The molecule has 0 radical (unpaired) electrons. The summed E-state index contributed by atoms with van der Waals surface area (Å²) in [5.74, 6) is 0.363. The average molecular weight is 363 g/mol. The van der Waals surface area contributed by atoms with E-state index in [0.717, 1.165) is 29.5 Å². The third-order valence-corrected chi connectivity index (χ3v) is 4.42. The van der Waals surface area contributed by atoms with Crippen molar-refractivity contribution in [1.82, 2.24) is 29.6 Å². The minimum Gasteiger partial charge on any atom is -0.355 e. The van der Waals surface area contributed by atoms with Gasteiger partial charge in [0.1, 0.15) is 0 Å². The van der Waals surface area contributed by atoms with Crippen LogP contribution in [0.3, 0.4) is 0 Å². The van der Waals surface area contributed by atoms with Gasteiger partial charge in [-0.15, -0.1) is 0 Å². The molecule has 2 N–H and O–H groups in total. The summed E-state index contributed by atoms with van der Waals surface area (Å²) in [6, 6.07) is 9.58. The fraction of sp³-hybridized carbons (Fsp3) is 0.263. The number of carbonyl (C=O) groups excluding carboxylic acids is 1. The van der Waals surface area contributed by atoms with Crippen LogP contribution in [0.5, 0.6) is 0 Å². The fourth-order valence-corrected chi connectivity index (χ4v) is 3.08. The number of aromatic nitrogens is 4. The van der Waals surface area contributed by atoms with E-state index in [-0.39, 0.29) is 5.91 Å². The highest BCUT2D eigenvalue weighted by atomic mass is 16.1. The van der Waals surface area contributed by atoms with Crippen LogP contribution < -0.4 is 10.6 Å². The van der Waals surface area contributed by atoms with Crippen molar-refractivity contribution in [3.63, 3.8) is 0 Å². The Hall–Kier alpha value is -3.26. The van der Waals surface area contributed by atoms with Gasteiger partial charge in [0, 0.05) is 31.7 Å². The van der Waals surface area contributed by atoms with Crippen LogP contribution in [0, 0.1) is 0 Å². The molecule has 8 heteroatoms. The van der Waals surface area contributed by atoms with Crippen LogP contribution in [0.2, 0.25) is 0 Å². The first kappa shape index (κ1) is 17.2. The van der Waals surface area contributed by atoms with E-state index in [1.165, 1.54) is 0 Å². The molecule has 4 aromatic rings. The number of nitrogens with one attached hydrogen (secondary N) is 2. The summed E-state index contributed by atoms with van der Waals surface area (Å²) >= 11 is 0. The van der Waals surface area contributed by atoms with Gasteiger partial charge in [-0.2, -0.15) is 4.98 Å². The highest BCUT2D eigenvalue weighted by Gasteiger charge is 2.18. The van der Waals surface area contributed by atoms with Crippen molar-refractivity contribution in [2.24, 2.45) is 0 Å². The Balaban J connectivity index is 1.95. The molecule has 0 spiro atoms. The Labute approximate surface area is 156 Å². The van der Waals surface area contributed by atoms with Crippen molar-refractivity contribution in [2.75, 3.05) is 39.5 Å². The minimum absolute atomic E-state index is 0.189. The van der Waals surface area contributed by atoms with Gasteiger partial charge in [0.2, 0.25) is 5.95 Å². The van der Waals surface area contributed by atoms with Crippen molar-refractivity contribution in [3.05, 3.63) is 42.1 Å². The maximum absolute atomic E-state index is 12.4. The van der Waals surface area contributed by atoms with Crippen molar-refractivity contribution >= 4 is 39.6 Å². The predicted molar refractivity (Wildman–Crippen MR) is 106 cm³/mol. The van der Waals surface area contributed by atoms with Crippen molar-refractivity contribution < 1.29 is 4.79 Å². The number of nitrogens with zero attached hydrogens (tertiary/aromatic N) is 5. The van der Waals surface area contributed by atoms with Crippen LogP contribution in [-0.2, 0) is 0 Å². The molecule has 3 aromatic heterocycles. The second-order valence-corrected chi connectivity index (χ2v) is 6.60. The zero-order chi connectivity index (χ0) is 19.0. The molecule has 8 nitrogen and oxygen atoms in total. The van der Waals surface area contributed by atoms with E-state index in [1.54, 1.807) is 19.3 Å². The summed E-state index contributed by atoms with van der Waals surface area (Å²) < 4.78 is 1.92. The van der Waals surface area contributed by atoms with Gasteiger partial charge < -0.3 is 15.5 Å². The smallest absolute Gasteiger partial charge is 0.254 e. The van der Waals surface area contributed by atoms with Gasteiger partial charge in [0.05, 0.1) is 16.6 Å². The topological polar surface area (TPSA) is 87.5 Å². The number of rotatable bonds is 5. The Bertz CT molecular complexity index is 1150. The second kappa shape index (κ2) is 6.81. The fourth-order valence-electron chi connectivity index (χ4n) is 3.08. The Morgan fingerprint density at radius 3 is 2.78 bits per heavy atom. The van der Waals surface area contributed by atoms with E-state index in [2.05, 4.69) is 25.5 Å². The van der Waals surface area contributed by atoms with Crippen LogP contribution in [-0.4, -0.2) is 64.4 Å². The first-order chi connectivity index (χ1) is 13.1. The van der Waals surface area contributed by atoms with Crippen LogP contribution in [0.4, 0.5) is 5.95 Å². The lowest BCUT2D eigenvalue weighted by molar-refractivity contribution is 0.0964. The third kappa shape index (κ3) is 3.04. The van der Waals surface area contributed by atoms with Crippen LogP contribution in [0.15, 0.2) is 36.5 Å². The van der Waals surface area contributed by atoms with E-state index in [0.29, 0.717) is 22.8 Å². The molecular weight excluding hydrogens is 342 g/mol. The van der Waals surface area contributed by atoms with Crippen LogP contribution >= 0.6 is 0 Å². The SMILES string of the molecule is CNC(=O)c1cc2cnc(NCCN(C)C)nc2n2c1nc1ccccc12. The van der Waals surface area contributed by atoms with Crippen molar-refractivity contribution in [1.29, 1.82) is 0 Å². The van der Waals surface area contributed by atoms with E-state index in [4.69, 9.17) is 4.98 Å². The zero-order valence-corrected chi connectivity index (χ0v) is 15.5. The molecule has 0 atom stereocenters. The molecule has 0 fully saturated rings. The third-order valence-electron chi connectivity index (χ3n) is 4.42. The number of hydrogen-bond acceptors (Lipinski definition) is 6. The number of likely N-dealkylation sites (N-methyl/N-ethyl adjacent to an activating group) is 1. The van der Waals surface area contributed by atoms with E-state index in [9.17, 15) is 4.79 Å². The molecule has 0 aliphatic carbocycles. The van der Waals surface area contributed by atoms with Crippen LogP contribution in [0.25, 0.3) is 27.7 Å². The van der Waals surface area contributed by atoms with Gasteiger partial charge in [-0.3, -0.25) is 9.20 Å². The number of anilines is 1. The molecule has 0 bridgehead atoms. The number of amides is 1. The minimum atomic E-state index is -0.189. The largest absolute Gasteiger partial charge is 0.355 e. The van der Waals surface area contributed by atoms with Gasteiger partial charge in [-0.25, -0.2) is 9.97 Å². The van der Waals surface area contributed by atoms with Crippen LogP contribution in [0.1, 0.15) is 10.4 Å². The molecule has 0 saturated carbocycles. The number of hydrogen-bond donors (Lipinski definition) is 2. The van der Waals surface area contributed by atoms with Gasteiger partial charge in [-0.05, 0) is 32.3 Å². The lowest BCUT2D eigenvalue weighted by Gasteiger charge is -2.11. The van der Waals surface area contributed by atoms with Gasteiger partial charge in [0.15, 0.2) is 11.3 Å². The first-order valence-corrected chi connectivity index (χ1v) is 8.76. The zero-order valence-electron chi connectivity index (χ0n) is 15.5. The number of carbonyl (C=O) groups is 1. The van der Waals surface area contributed by atoms with Gasteiger partial charge >= 0.3 is 0 Å². The molecule has 0 aliphatic heterocycles. The monoisotopic (exact) mass is 363 g/mol. The highest BCUT2D eigenvalue weighted by molar-refractivity contribution is 6.05. The summed E-state index contributed by atoms with van der Waals surface area (Å²) in [5, 5.41) is 6.71. The number of benzene rings is 1. The number of fused-ring (bicyclic) bond motifs is 5. The quantitative estimate of drug-likeness (QED) is 0.562. The van der Waals surface area contributed by atoms with Crippen molar-refractivity contribution in [2.45, 2.75) is 0 Å². The Morgan fingerprint density at radius 1 is 1.19 bits per heavy atom. The molecule has 4 rings (SSSR count). The number of para-hydroxylation sites is 2. The summed E-state index contributed by atoms with van der Waals surface area (Å²) in [5.41, 5.74) is 3.52. The molecule has 27 heavy (non-hydrogen) atoms. The molecule has 3 heterocycles. The molecule has 0 aliphatic rings. The Morgan fingerprint density at radius 2 is 2.00 bits per heavy atom. The molecule has 1 aromatic carbocycles. The maximum atomic E-state index is 12.4. The second-order valence-electron chi connectivity index (χ2n) is 6.60. The number of pyridine rings is 1. The van der Waals surface area contributed by atoms with E-state index in [1.807, 2.05) is 42.8 Å². The standard InChI is InChI=1S/C19H21N7O/c1-20-18(27)13-10-12-11-22-19(21-8-9-25(2)3)24-16(12)26-15-7-5-4-6-14(15)23-17(13)26/h4-7,10-11H,8-9H2,1-3H3,(H,20,27)(H,21,22,24). The van der Waals surface area contributed by atoms with Gasteiger partial charge in [-0.1, -0.05) is 12.1 Å². The lowest BCUT2D eigenvalue weighted by Crippen LogP contribution is -2.21.